The standard InChI is InChI=1S/C21H19F3N2O/c1-11-12(2)17(14-9-25-26(4)10-14)18-15-7-5-6-8-16(15)20(27,21(22,23)24)19(18)13(11)3/h5-10,27H,1-4H3. The normalized spacial score (nSPS) is 18.5. The van der Waals surface area contributed by atoms with Crippen LogP contribution in [0.1, 0.15) is 27.8 Å². The first-order valence-electron chi connectivity index (χ1n) is 8.61. The Bertz CT molecular complexity index is 1080. The Morgan fingerprint density at radius 1 is 1.00 bits per heavy atom. The van der Waals surface area contributed by atoms with Gasteiger partial charge in [-0.3, -0.25) is 4.68 Å². The Morgan fingerprint density at radius 3 is 2.26 bits per heavy atom. The van der Waals surface area contributed by atoms with Crippen molar-refractivity contribution < 1.29 is 18.3 Å². The number of rotatable bonds is 1. The molecule has 3 nitrogen and oxygen atoms in total. The molecule has 4 rings (SSSR count). The topological polar surface area (TPSA) is 38.0 Å². The molecule has 1 unspecified atom stereocenters. The number of hydrogen-bond donors (Lipinski definition) is 1. The van der Waals surface area contributed by atoms with Crippen molar-refractivity contribution in [2.75, 3.05) is 0 Å². The van der Waals surface area contributed by atoms with Gasteiger partial charge in [-0.25, -0.2) is 0 Å². The zero-order valence-corrected chi connectivity index (χ0v) is 15.4. The summed E-state index contributed by atoms with van der Waals surface area (Å²) in [5.41, 5.74) is 1.15. The van der Waals surface area contributed by atoms with Gasteiger partial charge in [-0.2, -0.15) is 18.3 Å². The van der Waals surface area contributed by atoms with Gasteiger partial charge >= 0.3 is 6.18 Å². The van der Waals surface area contributed by atoms with E-state index in [1.807, 2.05) is 6.92 Å². The third-order valence-corrected chi connectivity index (χ3v) is 5.73. The summed E-state index contributed by atoms with van der Waals surface area (Å²) in [7, 11) is 1.76. The van der Waals surface area contributed by atoms with E-state index in [-0.39, 0.29) is 11.1 Å². The average molecular weight is 372 g/mol. The first kappa shape index (κ1) is 17.8. The lowest BCUT2D eigenvalue weighted by Gasteiger charge is -2.31. The van der Waals surface area contributed by atoms with Gasteiger partial charge < -0.3 is 5.11 Å². The minimum absolute atomic E-state index is 0.0712. The number of fused-ring (bicyclic) bond motifs is 3. The predicted octanol–water partition coefficient (Wildman–Crippen LogP) is 4.79. The number of aromatic nitrogens is 2. The molecule has 1 aliphatic rings. The fourth-order valence-electron chi connectivity index (χ4n) is 4.23. The van der Waals surface area contributed by atoms with E-state index in [0.717, 1.165) is 16.7 Å². The number of nitrogens with zero attached hydrogens (tertiary/aromatic N) is 2. The molecule has 1 aliphatic carbocycles. The number of hydrogen-bond acceptors (Lipinski definition) is 2. The minimum atomic E-state index is -4.84. The van der Waals surface area contributed by atoms with Crippen LogP contribution < -0.4 is 0 Å². The first-order valence-corrected chi connectivity index (χ1v) is 8.61. The monoisotopic (exact) mass is 372 g/mol. The van der Waals surface area contributed by atoms with Crippen molar-refractivity contribution in [1.82, 2.24) is 9.78 Å². The molecule has 0 fully saturated rings. The van der Waals surface area contributed by atoms with Crippen LogP contribution in [0.3, 0.4) is 0 Å². The molecular weight excluding hydrogens is 353 g/mol. The van der Waals surface area contributed by atoms with Crippen molar-refractivity contribution in [2.45, 2.75) is 32.5 Å². The van der Waals surface area contributed by atoms with E-state index in [2.05, 4.69) is 5.10 Å². The van der Waals surface area contributed by atoms with Crippen molar-refractivity contribution in [1.29, 1.82) is 0 Å². The van der Waals surface area contributed by atoms with Crippen LogP contribution in [0.2, 0.25) is 0 Å². The van der Waals surface area contributed by atoms with E-state index in [4.69, 9.17) is 0 Å². The molecule has 2 aromatic carbocycles. The molecule has 0 spiro atoms. The SMILES string of the molecule is Cc1c(C)c(-c2cnn(C)c2)c2c(c1C)C(O)(C(F)(F)F)c1ccccc1-2. The zero-order valence-electron chi connectivity index (χ0n) is 15.4. The van der Waals surface area contributed by atoms with E-state index in [1.54, 1.807) is 50.1 Å². The molecule has 6 heteroatoms. The maximum absolute atomic E-state index is 14.2. The van der Waals surface area contributed by atoms with Gasteiger partial charge in [-0.1, -0.05) is 24.3 Å². The molecule has 0 bridgehead atoms. The molecule has 0 saturated carbocycles. The Hall–Kier alpha value is -2.60. The highest BCUT2D eigenvalue weighted by atomic mass is 19.4. The first-order chi connectivity index (χ1) is 12.6. The summed E-state index contributed by atoms with van der Waals surface area (Å²) in [6, 6.07) is 6.23. The lowest BCUT2D eigenvalue weighted by molar-refractivity contribution is -0.246. The zero-order chi connectivity index (χ0) is 19.7. The highest BCUT2D eigenvalue weighted by Gasteiger charge is 2.62. The second-order valence-corrected chi connectivity index (χ2v) is 7.16. The molecule has 140 valence electrons. The lowest BCUT2D eigenvalue weighted by atomic mass is 9.82. The molecule has 1 atom stereocenters. The van der Waals surface area contributed by atoms with Gasteiger partial charge in [0.25, 0.3) is 0 Å². The average Bonchev–Trinajstić information content (AvgIpc) is 3.14. The molecule has 0 aliphatic heterocycles. The van der Waals surface area contributed by atoms with E-state index >= 15 is 0 Å². The molecule has 0 saturated heterocycles. The Morgan fingerprint density at radius 2 is 1.67 bits per heavy atom. The summed E-state index contributed by atoms with van der Waals surface area (Å²) in [6.45, 7) is 5.35. The number of benzene rings is 2. The predicted molar refractivity (Wildman–Crippen MR) is 97.3 cm³/mol. The largest absolute Gasteiger partial charge is 0.425 e. The van der Waals surface area contributed by atoms with Crippen LogP contribution in [0.4, 0.5) is 13.2 Å². The third kappa shape index (κ3) is 2.16. The van der Waals surface area contributed by atoms with E-state index in [1.165, 1.54) is 12.1 Å². The van der Waals surface area contributed by atoms with Crippen LogP contribution in [-0.2, 0) is 12.6 Å². The molecule has 3 aromatic rings. The second-order valence-electron chi connectivity index (χ2n) is 7.16. The van der Waals surface area contributed by atoms with Crippen molar-refractivity contribution in [2.24, 2.45) is 7.05 Å². The smallest absolute Gasteiger partial charge is 0.372 e. The van der Waals surface area contributed by atoms with Gasteiger partial charge in [0.15, 0.2) is 0 Å². The van der Waals surface area contributed by atoms with Crippen LogP contribution in [0.5, 0.6) is 0 Å². The Labute approximate surface area is 155 Å². The maximum Gasteiger partial charge on any atom is 0.425 e. The van der Waals surface area contributed by atoms with Crippen molar-refractivity contribution in [3.05, 3.63) is 64.5 Å². The molecule has 0 amide bonds. The number of aliphatic hydroxyl groups is 1. The van der Waals surface area contributed by atoms with Gasteiger partial charge in [0.05, 0.1) is 6.20 Å². The Kier molecular flexibility index (Phi) is 3.59. The van der Waals surface area contributed by atoms with Gasteiger partial charge in [0, 0.05) is 29.9 Å². The van der Waals surface area contributed by atoms with Crippen LogP contribution in [-0.4, -0.2) is 21.1 Å². The van der Waals surface area contributed by atoms with Crippen LogP contribution in [0, 0.1) is 20.8 Å². The van der Waals surface area contributed by atoms with Gasteiger partial charge in [0.1, 0.15) is 0 Å². The number of alkyl halides is 3. The minimum Gasteiger partial charge on any atom is -0.372 e. The summed E-state index contributed by atoms with van der Waals surface area (Å²) in [4.78, 5) is 0. The van der Waals surface area contributed by atoms with E-state index in [0.29, 0.717) is 22.3 Å². The molecule has 0 radical (unpaired) electrons. The van der Waals surface area contributed by atoms with Crippen LogP contribution in [0.25, 0.3) is 22.3 Å². The second kappa shape index (κ2) is 5.45. The highest BCUT2D eigenvalue weighted by molar-refractivity contribution is 5.95. The molecule has 1 aromatic heterocycles. The number of halogens is 3. The van der Waals surface area contributed by atoms with E-state index in [9.17, 15) is 18.3 Å². The highest BCUT2D eigenvalue weighted by Crippen LogP contribution is 2.59. The summed E-state index contributed by atoms with van der Waals surface area (Å²) < 4.78 is 44.2. The fourth-order valence-corrected chi connectivity index (χ4v) is 4.23. The lowest BCUT2D eigenvalue weighted by Crippen LogP contribution is -2.42. The van der Waals surface area contributed by atoms with Gasteiger partial charge in [-0.05, 0) is 54.2 Å². The maximum atomic E-state index is 14.2. The molecule has 1 N–H and O–H groups in total. The van der Waals surface area contributed by atoms with Crippen molar-refractivity contribution in [3.63, 3.8) is 0 Å². The van der Waals surface area contributed by atoms with Gasteiger partial charge in [0.2, 0.25) is 5.60 Å². The summed E-state index contributed by atoms with van der Waals surface area (Å²) in [6.07, 6.45) is -1.41. The summed E-state index contributed by atoms with van der Waals surface area (Å²) in [5, 5.41) is 15.2. The third-order valence-electron chi connectivity index (χ3n) is 5.73. The van der Waals surface area contributed by atoms with Crippen molar-refractivity contribution in [3.8, 4) is 22.3 Å². The fraction of sp³-hybridized carbons (Fsp3) is 0.286. The quantitative estimate of drug-likeness (QED) is 0.667. The molecule has 1 heterocycles. The van der Waals surface area contributed by atoms with Gasteiger partial charge in [-0.15, -0.1) is 0 Å². The van der Waals surface area contributed by atoms with E-state index < -0.39 is 11.8 Å². The summed E-state index contributed by atoms with van der Waals surface area (Å²) in [5.74, 6) is 0. The molecule has 27 heavy (non-hydrogen) atoms. The summed E-state index contributed by atoms with van der Waals surface area (Å²) >= 11 is 0. The van der Waals surface area contributed by atoms with Crippen LogP contribution >= 0.6 is 0 Å². The van der Waals surface area contributed by atoms with Crippen LogP contribution in [0.15, 0.2) is 36.7 Å². The Balaban J connectivity index is 2.24. The number of aryl methyl sites for hydroxylation is 1. The van der Waals surface area contributed by atoms with Crippen molar-refractivity contribution >= 4 is 0 Å². The molecular formula is C21H19F3N2O.